The Labute approximate surface area is 425 Å². The van der Waals surface area contributed by atoms with Crippen molar-refractivity contribution in [1.29, 1.82) is 0 Å². The predicted octanol–water partition coefficient (Wildman–Crippen LogP) is 18.3. The average Bonchev–Trinajstić information content (AvgIpc) is 4.02. The molecule has 2 aliphatic heterocycles. The predicted molar refractivity (Wildman–Crippen MR) is 305 cm³/mol. The van der Waals surface area contributed by atoms with Gasteiger partial charge in [-0.05, 0) is 164 Å². The van der Waals surface area contributed by atoms with Crippen LogP contribution in [0.1, 0.15) is 84.9 Å². The summed E-state index contributed by atoms with van der Waals surface area (Å²) in [6.07, 6.45) is 25.8. The van der Waals surface area contributed by atoms with Crippen molar-refractivity contribution in [3.05, 3.63) is 287 Å². The maximum atomic E-state index is 4.37. The number of nitrogens with zero attached hydrogens (tertiary/aromatic N) is 2. The van der Waals surface area contributed by atoms with Crippen LogP contribution in [0.15, 0.2) is 248 Å². The lowest BCUT2D eigenvalue weighted by Gasteiger charge is -2.37. The minimum Gasteiger partial charge on any atom is -0.337 e. The quantitative estimate of drug-likeness (QED) is 0.140. The zero-order valence-electron chi connectivity index (χ0n) is 41.4. The molecule has 0 N–H and O–H groups in total. The van der Waals surface area contributed by atoms with E-state index < -0.39 is 5.41 Å². The summed E-state index contributed by atoms with van der Waals surface area (Å²) in [6, 6.07) is 66.2. The first-order valence-electron chi connectivity index (χ1n) is 25.8. The first kappa shape index (κ1) is 43.8. The second-order valence-corrected chi connectivity index (χ2v) is 20.9. The second-order valence-electron chi connectivity index (χ2n) is 20.9. The van der Waals surface area contributed by atoms with Gasteiger partial charge in [-0.2, -0.15) is 0 Å². The summed E-state index contributed by atoms with van der Waals surface area (Å²) in [5.74, 6) is 0.200. The van der Waals surface area contributed by atoms with E-state index in [1.54, 1.807) is 0 Å². The maximum absolute atomic E-state index is 4.37. The number of rotatable bonds is 8. The maximum Gasteiger partial charge on any atom is 0.0677 e. The average molecular weight is 927 g/mol. The minimum absolute atomic E-state index is 0.0939. The minimum atomic E-state index is -0.489. The third-order valence-corrected chi connectivity index (χ3v) is 16.5. The van der Waals surface area contributed by atoms with Gasteiger partial charge in [0.25, 0.3) is 0 Å². The van der Waals surface area contributed by atoms with Gasteiger partial charge in [-0.25, -0.2) is 0 Å². The Hall–Kier alpha value is -8.20. The fourth-order valence-electron chi connectivity index (χ4n) is 13.3. The van der Waals surface area contributed by atoms with E-state index in [4.69, 9.17) is 0 Å². The van der Waals surface area contributed by atoms with Gasteiger partial charge in [-0.15, -0.1) is 0 Å². The van der Waals surface area contributed by atoms with E-state index in [0.717, 1.165) is 36.3 Å². The van der Waals surface area contributed by atoms with E-state index in [1.165, 1.54) is 94.5 Å². The summed E-state index contributed by atoms with van der Waals surface area (Å²) >= 11 is 0. The number of benzene rings is 8. The lowest BCUT2D eigenvalue weighted by atomic mass is 9.65. The van der Waals surface area contributed by atoms with Gasteiger partial charge in [0.1, 0.15) is 0 Å². The highest BCUT2D eigenvalue weighted by Crippen LogP contribution is 2.62. The van der Waals surface area contributed by atoms with Gasteiger partial charge in [-0.1, -0.05) is 208 Å². The molecule has 5 aliphatic rings. The van der Waals surface area contributed by atoms with Crippen LogP contribution in [0.4, 0.5) is 22.7 Å². The Morgan fingerprint density at radius 2 is 1.40 bits per heavy atom. The van der Waals surface area contributed by atoms with Crippen LogP contribution in [-0.2, 0) is 10.8 Å². The number of hydrogen-bond acceptors (Lipinski definition) is 2. The molecular weight excluding hydrogens is 869 g/mol. The van der Waals surface area contributed by atoms with E-state index in [1.807, 2.05) is 6.08 Å². The zero-order chi connectivity index (χ0) is 48.6. The van der Waals surface area contributed by atoms with Crippen molar-refractivity contribution in [1.82, 2.24) is 0 Å². The molecule has 0 fully saturated rings. The van der Waals surface area contributed by atoms with Gasteiger partial charge < -0.3 is 9.80 Å². The molecule has 2 heteroatoms. The van der Waals surface area contributed by atoms with Crippen LogP contribution in [0.25, 0.3) is 44.7 Å². The van der Waals surface area contributed by atoms with Crippen molar-refractivity contribution in [2.45, 2.75) is 62.8 Å². The van der Waals surface area contributed by atoms with Crippen LogP contribution in [0.3, 0.4) is 0 Å². The SMILES string of the molecule is C=C/C(=C\C=C1/CC(C)(C)c2ccccc21)N(c1ccccc1)c1ccc(-c2ccc3c(c2)C(C2=CC=CCC2)(c2ccccc2)c2ccc4ccc5c(c4c2-3)C2/C=C\C=Cc3ccccc3N5C2C)cc1. The summed E-state index contributed by atoms with van der Waals surface area (Å²) in [5, 5.41) is 2.67. The van der Waals surface area contributed by atoms with Gasteiger partial charge in [-0.3, -0.25) is 0 Å². The van der Waals surface area contributed by atoms with Gasteiger partial charge >= 0.3 is 0 Å². The highest BCUT2D eigenvalue weighted by Gasteiger charge is 2.49. The molecule has 8 aromatic rings. The molecule has 0 radical (unpaired) electrons. The molecule has 13 rings (SSSR count). The molecule has 3 atom stereocenters. The Morgan fingerprint density at radius 1 is 0.667 bits per heavy atom. The number of fused-ring (bicyclic) bond motifs is 14. The summed E-state index contributed by atoms with van der Waals surface area (Å²) in [7, 11) is 0. The number of para-hydroxylation sites is 2. The standard InChI is InChI=1S/C70H58N2/c1-5-55(39-35-52-46-69(3,4)61-31-19-18-30-59(52)61)72(56-27-13-8-14-28-56)57-40-33-48(34-41-57)51-36-42-60-63(45-51)70(53-23-9-6-10-24-53,54-25-11-7-12-26-54)62-43-37-50-38-44-65-68(66(50)67(60)62)58-29-17-15-21-49-22-16-20-32-64(49)71(65)47(58)2/h5-11,13-25,27-45,47,58H,1,12,26,46H2,2-4H3/b21-15?,29-17-,52-35+,55-39+. The van der Waals surface area contributed by atoms with Gasteiger partial charge in [0.15, 0.2) is 0 Å². The molecule has 0 aromatic heterocycles. The third-order valence-electron chi connectivity index (χ3n) is 16.5. The lowest BCUT2D eigenvalue weighted by molar-refractivity contribution is 0.563. The first-order valence-corrected chi connectivity index (χ1v) is 25.8. The van der Waals surface area contributed by atoms with Gasteiger partial charge in [0.05, 0.1) is 5.41 Å². The van der Waals surface area contributed by atoms with Gasteiger partial charge in [0, 0.05) is 40.4 Å². The van der Waals surface area contributed by atoms with Crippen LogP contribution in [0.2, 0.25) is 0 Å². The molecule has 0 spiro atoms. The first-order chi connectivity index (χ1) is 35.3. The molecule has 0 saturated carbocycles. The summed E-state index contributed by atoms with van der Waals surface area (Å²) < 4.78 is 0. The van der Waals surface area contributed by atoms with Crippen molar-refractivity contribution < 1.29 is 0 Å². The molecule has 3 aliphatic carbocycles. The van der Waals surface area contributed by atoms with Crippen molar-refractivity contribution in [2.24, 2.45) is 0 Å². The molecular formula is C70H58N2. The number of allylic oxidation sites excluding steroid dienone is 10. The smallest absolute Gasteiger partial charge is 0.0677 e. The highest BCUT2D eigenvalue weighted by atomic mass is 15.2. The topological polar surface area (TPSA) is 6.48 Å². The van der Waals surface area contributed by atoms with E-state index in [0.29, 0.717) is 0 Å². The van der Waals surface area contributed by atoms with E-state index in [-0.39, 0.29) is 17.4 Å². The van der Waals surface area contributed by atoms with E-state index in [9.17, 15) is 0 Å². The van der Waals surface area contributed by atoms with Crippen molar-refractivity contribution in [3.63, 3.8) is 0 Å². The van der Waals surface area contributed by atoms with E-state index >= 15 is 0 Å². The summed E-state index contributed by atoms with van der Waals surface area (Å²) in [5.41, 5.74) is 22.7. The van der Waals surface area contributed by atoms with Crippen molar-refractivity contribution in [3.8, 4) is 22.3 Å². The monoisotopic (exact) mass is 926 g/mol. The molecule has 3 unspecified atom stereocenters. The third kappa shape index (κ3) is 6.76. The zero-order valence-corrected chi connectivity index (χ0v) is 41.4. The Bertz CT molecular complexity index is 3670. The second kappa shape index (κ2) is 17.3. The summed E-state index contributed by atoms with van der Waals surface area (Å²) in [4.78, 5) is 4.93. The Kier molecular flexibility index (Phi) is 10.5. The van der Waals surface area contributed by atoms with Crippen molar-refractivity contribution >= 4 is 45.2 Å². The molecule has 348 valence electrons. The van der Waals surface area contributed by atoms with Crippen LogP contribution in [-0.4, -0.2) is 6.04 Å². The Balaban J connectivity index is 0.981. The van der Waals surface area contributed by atoms with Crippen LogP contribution < -0.4 is 9.80 Å². The molecule has 72 heavy (non-hydrogen) atoms. The molecule has 2 nitrogen and oxygen atoms in total. The fourth-order valence-corrected chi connectivity index (χ4v) is 13.3. The lowest BCUT2D eigenvalue weighted by Crippen LogP contribution is -2.30. The highest BCUT2D eigenvalue weighted by molar-refractivity contribution is 6.09. The molecule has 8 aromatic carbocycles. The van der Waals surface area contributed by atoms with Gasteiger partial charge in [0.2, 0.25) is 0 Å². The number of anilines is 4. The largest absolute Gasteiger partial charge is 0.337 e. The molecule has 0 amide bonds. The van der Waals surface area contributed by atoms with E-state index in [2.05, 4.69) is 268 Å². The number of hydrogen-bond donors (Lipinski definition) is 0. The summed E-state index contributed by atoms with van der Waals surface area (Å²) in [6.45, 7) is 11.5. The van der Waals surface area contributed by atoms with Crippen molar-refractivity contribution in [2.75, 3.05) is 9.80 Å². The molecule has 2 heterocycles. The van der Waals surface area contributed by atoms with Crippen LogP contribution in [0, 0.1) is 0 Å². The van der Waals surface area contributed by atoms with Crippen LogP contribution in [0.5, 0.6) is 0 Å². The molecule has 2 bridgehead atoms. The van der Waals surface area contributed by atoms with Crippen LogP contribution >= 0.6 is 0 Å². The fraction of sp³-hybridized carbons (Fsp3) is 0.143. The molecule has 0 saturated heterocycles. The Morgan fingerprint density at radius 3 is 2.21 bits per heavy atom. The normalized spacial score (nSPS) is 20.9.